The molecule has 0 atom stereocenters. The van der Waals surface area contributed by atoms with E-state index in [0.717, 1.165) is 11.1 Å². The molecule has 1 aromatic rings. The van der Waals surface area contributed by atoms with Crippen LogP contribution in [0.1, 0.15) is 23.6 Å². The summed E-state index contributed by atoms with van der Waals surface area (Å²) in [5.41, 5.74) is 5.74. The molecule has 1 aromatic carbocycles. The van der Waals surface area contributed by atoms with Crippen molar-refractivity contribution >= 4 is 5.91 Å². The second-order valence-corrected chi connectivity index (χ2v) is 3.56. The molecular weight excluding hydrogens is 190 g/mol. The SMILES string of the molecule is CCONC(=O)Cc1cc(C)ccc1C. The van der Waals surface area contributed by atoms with E-state index in [9.17, 15) is 4.79 Å². The predicted molar refractivity (Wildman–Crippen MR) is 59.4 cm³/mol. The third-order valence-corrected chi connectivity index (χ3v) is 2.19. The number of carbonyl (C=O) groups is 1. The average Bonchev–Trinajstić information content (AvgIpc) is 2.20. The van der Waals surface area contributed by atoms with Crippen LogP contribution in [0.15, 0.2) is 18.2 Å². The maximum Gasteiger partial charge on any atom is 0.247 e. The van der Waals surface area contributed by atoms with Gasteiger partial charge in [0, 0.05) is 0 Å². The summed E-state index contributed by atoms with van der Waals surface area (Å²) in [7, 11) is 0. The van der Waals surface area contributed by atoms with Crippen LogP contribution in [0, 0.1) is 13.8 Å². The molecule has 0 radical (unpaired) electrons. The molecule has 0 bridgehead atoms. The zero-order valence-corrected chi connectivity index (χ0v) is 9.46. The summed E-state index contributed by atoms with van der Waals surface area (Å²) in [5, 5.41) is 0. The van der Waals surface area contributed by atoms with Crippen molar-refractivity contribution in [3.63, 3.8) is 0 Å². The van der Waals surface area contributed by atoms with Gasteiger partial charge < -0.3 is 0 Å². The first-order valence-corrected chi connectivity index (χ1v) is 5.10. The van der Waals surface area contributed by atoms with Gasteiger partial charge in [0.25, 0.3) is 0 Å². The first-order chi connectivity index (χ1) is 7.13. The van der Waals surface area contributed by atoms with Crippen LogP contribution < -0.4 is 5.48 Å². The normalized spacial score (nSPS) is 10.1. The van der Waals surface area contributed by atoms with E-state index in [2.05, 4.69) is 5.48 Å². The predicted octanol–water partition coefficient (Wildman–Crippen LogP) is 1.91. The van der Waals surface area contributed by atoms with Crippen molar-refractivity contribution in [2.75, 3.05) is 6.61 Å². The topological polar surface area (TPSA) is 38.3 Å². The second-order valence-electron chi connectivity index (χ2n) is 3.56. The Morgan fingerprint density at radius 2 is 2.13 bits per heavy atom. The standard InChI is InChI=1S/C12H17NO2/c1-4-15-13-12(14)8-11-7-9(2)5-6-10(11)3/h5-7H,4,8H2,1-3H3,(H,13,14). The quantitative estimate of drug-likeness (QED) is 0.766. The van der Waals surface area contributed by atoms with Crippen LogP contribution in [0.3, 0.4) is 0 Å². The minimum Gasteiger partial charge on any atom is -0.274 e. The minimum atomic E-state index is -0.106. The van der Waals surface area contributed by atoms with Gasteiger partial charge in [-0.3, -0.25) is 9.63 Å². The van der Waals surface area contributed by atoms with Crippen molar-refractivity contribution in [3.05, 3.63) is 34.9 Å². The van der Waals surface area contributed by atoms with Gasteiger partial charge in [-0.15, -0.1) is 0 Å². The Labute approximate surface area is 90.4 Å². The van der Waals surface area contributed by atoms with E-state index in [0.29, 0.717) is 13.0 Å². The lowest BCUT2D eigenvalue weighted by atomic mass is 10.0. The molecule has 15 heavy (non-hydrogen) atoms. The van der Waals surface area contributed by atoms with Gasteiger partial charge >= 0.3 is 0 Å². The van der Waals surface area contributed by atoms with E-state index in [-0.39, 0.29) is 5.91 Å². The van der Waals surface area contributed by atoms with Crippen LogP contribution in [0.5, 0.6) is 0 Å². The van der Waals surface area contributed by atoms with Crippen LogP contribution in [-0.2, 0) is 16.1 Å². The monoisotopic (exact) mass is 207 g/mol. The lowest BCUT2D eigenvalue weighted by Gasteiger charge is -2.07. The van der Waals surface area contributed by atoms with Gasteiger partial charge in [0.05, 0.1) is 13.0 Å². The number of carbonyl (C=O) groups excluding carboxylic acids is 1. The minimum absolute atomic E-state index is 0.106. The lowest BCUT2D eigenvalue weighted by molar-refractivity contribution is -0.132. The van der Waals surface area contributed by atoms with Crippen molar-refractivity contribution in [1.29, 1.82) is 0 Å². The number of hydrogen-bond acceptors (Lipinski definition) is 2. The van der Waals surface area contributed by atoms with Crippen molar-refractivity contribution in [3.8, 4) is 0 Å². The highest BCUT2D eigenvalue weighted by Crippen LogP contribution is 2.11. The molecular formula is C12H17NO2. The Balaban J connectivity index is 2.63. The van der Waals surface area contributed by atoms with E-state index in [1.54, 1.807) is 0 Å². The van der Waals surface area contributed by atoms with E-state index in [4.69, 9.17) is 4.84 Å². The maximum absolute atomic E-state index is 11.4. The van der Waals surface area contributed by atoms with E-state index in [1.165, 1.54) is 5.56 Å². The van der Waals surface area contributed by atoms with Crippen LogP contribution in [0.25, 0.3) is 0 Å². The third-order valence-electron chi connectivity index (χ3n) is 2.19. The van der Waals surface area contributed by atoms with Crippen molar-refractivity contribution in [2.24, 2.45) is 0 Å². The molecule has 0 saturated carbocycles. The maximum atomic E-state index is 11.4. The summed E-state index contributed by atoms with van der Waals surface area (Å²) in [6, 6.07) is 6.10. The number of hydrogen-bond donors (Lipinski definition) is 1. The molecule has 3 nitrogen and oxygen atoms in total. The molecule has 0 saturated heterocycles. The van der Waals surface area contributed by atoms with Crippen LogP contribution in [0.4, 0.5) is 0 Å². The lowest BCUT2D eigenvalue weighted by Crippen LogP contribution is -2.25. The molecule has 1 rings (SSSR count). The zero-order chi connectivity index (χ0) is 11.3. The number of amides is 1. The number of nitrogens with one attached hydrogen (secondary N) is 1. The summed E-state index contributed by atoms with van der Waals surface area (Å²) in [6.45, 7) is 6.34. The first kappa shape index (κ1) is 11.7. The van der Waals surface area contributed by atoms with Gasteiger partial charge in [-0.1, -0.05) is 23.8 Å². The van der Waals surface area contributed by atoms with Gasteiger partial charge in [-0.2, -0.15) is 0 Å². The van der Waals surface area contributed by atoms with Crippen molar-refractivity contribution in [2.45, 2.75) is 27.2 Å². The van der Waals surface area contributed by atoms with Crippen molar-refractivity contribution < 1.29 is 9.63 Å². The molecule has 0 aromatic heterocycles. The zero-order valence-electron chi connectivity index (χ0n) is 9.46. The molecule has 0 aliphatic carbocycles. The van der Waals surface area contributed by atoms with Gasteiger partial charge in [0.2, 0.25) is 5.91 Å². The van der Waals surface area contributed by atoms with Crippen LogP contribution in [0.2, 0.25) is 0 Å². The van der Waals surface area contributed by atoms with E-state index >= 15 is 0 Å². The average molecular weight is 207 g/mol. The number of rotatable bonds is 4. The van der Waals surface area contributed by atoms with E-state index in [1.807, 2.05) is 39.0 Å². The molecule has 1 amide bonds. The van der Waals surface area contributed by atoms with Gasteiger partial charge in [0.1, 0.15) is 0 Å². The molecule has 0 heterocycles. The molecule has 0 spiro atoms. The molecule has 0 fully saturated rings. The Bertz CT molecular complexity index is 347. The number of hydroxylamine groups is 1. The Kier molecular flexibility index (Phi) is 4.31. The van der Waals surface area contributed by atoms with E-state index < -0.39 is 0 Å². The fraction of sp³-hybridized carbons (Fsp3) is 0.417. The highest BCUT2D eigenvalue weighted by atomic mass is 16.6. The fourth-order valence-electron chi connectivity index (χ4n) is 1.35. The first-order valence-electron chi connectivity index (χ1n) is 5.10. The Morgan fingerprint density at radius 1 is 1.40 bits per heavy atom. The Morgan fingerprint density at radius 3 is 2.80 bits per heavy atom. The molecule has 3 heteroatoms. The summed E-state index contributed by atoms with van der Waals surface area (Å²) in [5.74, 6) is -0.106. The van der Waals surface area contributed by atoms with Crippen molar-refractivity contribution in [1.82, 2.24) is 5.48 Å². The molecule has 0 aliphatic heterocycles. The second kappa shape index (κ2) is 5.51. The summed E-state index contributed by atoms with van der Waals surface area (Å²) in [6.07, 6.45) is 0.369. The summed E-state index contributed by atoms with van der Waals surface area (Å²) >= 11 is 0. The van der Waals surface area contributed by atoms with Gasteiger partial charge in [0.15, 0.2) is 0 Å². The molecule has 82 valence electrons. The summed E-state index contributed by atoms with van der Waals surface area (Å²) in [4.78, 5) is 16.2. The van der Waals surface area contributed by atoms with Crippen LogP contribution >= 0.6 is 0 Å². The number of benzene rings is 1. The third kappa shape index (κ3) is 3.72. The van der Waals surface area contributed by atoms with Gasteiger partial charge in [-0.25, -0.2) is 5.48 Å². The van der Waals surface area contributed by atoms with Crippen LogP contribution in [-0.4, -0.2) is 12.5 Å². The molecule has 0 unspecified atom stereocenters. The fourth-order valence-corrected chi connectivity index (χ4v) is 1.35. The summed E-state index contributed by atoms with van der Waals surface area (Å²) < 4.78 is 0. The highest BCUT2D eigenvalue weighted by Gasteiger charge is 2.05. The number of aryl methyl sites for hydroxylation is 2. The van der Waals surface area contributed by atoms with Gasteiger partial charge in [-0.05, 0) is 31.9 Å². The Hall–Kier alpha value is -1.35. The molecule has 0 aliphatic rings. The highest BCUT2D eigenvalue weighted by molar-refractivity contribution is 5.77. The largest absolute Gasteiger partial charge is 0.274 e. The smallest absolute Gasteiger partial charge is 0.247 e. The molecule has 1 N–H and O–H groups in total.